The van der Waals surface area contributed by atoms with Crippen LogP contribution < -0.4 is 9.97 Å². The van der Waals surface area contributed by atoms with Gasteiger partial charge in [0.25, 0.3) is 0 Å². The molecule has 2 aliphatic heterocycles. The van der Waals surface area contributed by atoms with Crippen LogP contribution in [0.25, 0.3) is 0 Å². The maximum Gasteiger partial charge on any atom is 0.569 e. The highest BCUT2D eigenvalue weighted by Crippen LogP contribution is 3.02. The van der Waals surface area contributed by atoms with Crippen molar-refractivity contribution in [3.63, 3.8) is 0 Å². The van der Waals surface area contributed by atoms with Crippen molar-refractivity contribution in [2.24, 2.45) is 0 Å². The zero-order valence-electron chi connectivity index (χ0n) is 28.3. The summed E-state index contributed by atoms with van der Waals surface area (Å²) in [7, 11) is -24.6. The molecule has 54 heavy (non-hydrogen) atoms. The molecule has 1 saturated heterocycles. The molecule has 0 saturated carbocycles. The van der Waals surface area contributed by atoms with Crippen LogP contribution in [0, 0.1) is 0 Å². The first-order valence-corrected chi connectivity index (χ1v) is 20.4. The molecule has 0 aliphatic carbocycles. The number of carbonyl (C=O) groups is 1. The minimum absolute atomic E-state index is 0.00806. The van der Waals surface area contributed by atoms with E-state index in [4.69, 9.17) is 9.76 Å². The molecule has 2 aromatic carbocycles. The van der Waals surface area contributed by atoms with Gasteiger partial charge in [0.2, 0.25) is 0 Å². The topological polar surface area (TPSA) is 114 Å². The van der Waals surface area contributed by atoms with Crippen molar-refractivity contribution in [3.8, 4) is 5.75 Å². The van der Waals surface area contributed by atoms with E-state index in [1.165, 1.54) is 17.0 Å². The van der Waals surface area contributed by atoms with Crippen molar-refractivity contribution < 1.29 is 83.8 Å². The predicted octanol–water partition coefficient (Wildman–Crippen LogP) is 10.4. The summed E-state index contributed by atoms with van der Waals surface area (Å²) in [5.74, 6) is -0.367. The number of benzene rings is 2. The molecule has 4 rings (SSSR count). The van der Waals surface area contributed by atoms with Crippen molar-refractivity contribution in [3.05, 3.63) is 65.9 Å². The Morgan fingerprint density at radius 3 is 1.67 bits per heavy atom. The maximum absolute atomic E-state index is 12.5. The smallest absolute Gasteiger partial charge is 0.537 e. The summed E-state index contributed by atoms with van der Waals surface area (Å²) in [6, 6.07) is 5.09. The Balaban J connectivity index is 0.000000284. The number of nitrogens with zero attached hydrogens (tertiary/aromatic N) is 1. The second-order valence-electron chi connectivity index (χ2n) is 12.6. The maximum atomic E-state index is 12.5. The van der Waals surface area contributed by atoms with Gasteiger partial charge in [0.05, 0.1) is 0 Å². The third-order valence-electron chi connectivity index (χ3n) is 6.91. The van der Waals surface area contributed by atoms with Gasteiger partial charge in [-0.25, -0.2) is 4.79 Å². The Morgan fingerprint density at radius 2 is 1.30 bits per heavy atom. The van der Waals surface area contributed by atoms with Crippen LogP contribution >= 0.6 is 20.4 Å². The van der Waals surface area contributed by atoms with Gasteiger partial charge >= 0.3 is 49.9 Å². The van der Waals surface area contributed by atoms with Crippen LogP contribution in [-0.2, 0) is 19.0 Å². The molecular weight excluding hydrogens is 830 g/mol. The van der Waals surface area contributed by atoms with E-state index in [0.29, 0.717) is 29.8 Å². The minimum Gasteiger partial charge on any atom is -0.537 e. The van der Waals surface area contributed by atoms with Gasteiger partial charge in [0, 0.05) is 19.5 Å². The van der Waals surface area contributed by atoms with Crippen molar-refractivity contribution in [1.82, 2.24) is 10.2 Å². The average molecular weight is 866 g/mol. The number of piperidine rings is 1. The van der Waals surface area contributed by atoms with E-state index in [-0.39, 0.29) is 56.8 Å². The lowest BCUT2D eigenvalue weighted by Crippen LogP contribution is -2.39. The number of amides is 1. The molecule has 2 aliphatic rings. The van der Waals surface area contributed by atoms with Crippen molar-refractivity contribution >= 4 is 44.3 Å². The van der Waals surface area contributed by atoms with Gasteiger partial charge < -0.3 is 28.8 Å². The fraction of sp³-hybridized carbons (Fsp3) is 0.464. The fourth-order valence-electron chi connectivity index (χ4n) is 4.40. The molecule has 2 heterocycles. The summed E-state index contributed by atoms with van der Waals surface area (Å²) in [5.41, 5.74) is -5.48. The Morgan fingerprint density at radius 1 is 0.833 bits per heavy atom. The number of rotatable bonds is 7. The van der Waals surface area contributed by atoms with Crippen LogP contribution in [0.5, 0.6) is 5.75 Å². The molecule has 9 nitrogen and oxygen atoms in total. The van der Waals surface area contributed by atoms with Gasteiger partial charge in [-0.05, 0) is 101 Å². The lowest BCUT2D eigenvalue weighted by molar-refractivity contribution is -0.0525. The van der Waals surface area contributed by atoms with E-state index in [1.54, 1.807) is 20.8 Å². The van der Waals surface area contributed by atoms with Gasteiger partial charge in [0.15, 0.2) is 0 Å². The molecule has 0 aromatic heterocycles. The number of hydrogen-bond acceptors (Lipinski definition) is 8. The van der Waals surface area contributed by atoms with Crippen LogP contribution in [0.2, 0.25) is 0 Å². The Labute approximate surface area is 302 Å². The largest absolute Gasteiger partial charge is 0.569 e. The highest BCUT2D eigenvalue weighted by molar-refractivity contribution is 8.46. The summed E-state index contributed by atoms with van der Waals surface area (Å²) >= 11 is 0. The number of hydrogen-bond donors (Lipinski definition) is 2. The standard InChI is InChI=1S/C11H14F5NS.C11H16F3NO5S.C6H5BF5O2S/c12-18(13,14,15,16)11-3-1-9(2-4-11)10-5-7-17-8-6-10;1-10(2,3)19-9(16)15-6-4-8(5-7-15)20-21(17,18)11(12,13)14;8-15(9,10,11,12)6-3-1-5(2-4-6)14-7-13/h1-4,10,17H,5-8H2;4H,5-7H2,1-3H3;1-4,13H. The second kappa shape index (κ2) is 14.7. The SMILES string of the molecule is CC(C)(C)OC(=O)N1CC=C(OS(=O)(=O)C(F)(F)F)CC1.FS(F)(F)(F)(F)c1ccc(C2CCNCC2)cc1.O[B]Oc1ccc(S(F)(F)(F)(F)F)cc1. The highest BCUT2D eigenvalue weighted by atomic mass is 32.5. The first kappa shape index (κ1) is 46.9. The van der Waals surface area contributed by atoms with Gasteiger partial charge in [0.1, 0.15) is 26.9 Å². The molecule has 2 N–H and O–H groups in total. The molecule has 0 bridgehead atoms. The highest BCUT2D eigenvalue weighted by Gasteiger charge is 2.66. The number of carbonyl (C=O) groups excluding carboxylic acids is 1. The zero-order chi connectivity index (χ0) is 41.8. The van der Waals surface area contributed by atoms with Crippen LogP contribution in [-0.4, -0.2) is 69.4 Å². The van der Waals surface area contributed by atoms with Crippen LogP contribution in [0.4, 0.5) is 56.8 Å². The van der Waals surface area contributed by atoms with E-state index in [0.717, 1.165) is 32.0 Å². The Kier molecular flexibility index (Phi) is 12.8. The second-order valence-corrected chi connectivity index (χ2v) is 18.9. The molecule has 0 unspecified atom stereocenters. The Bertz CT molecular complexity index is 1750. The molecule has 26 heteroatoms. The molecule has 1 amide bonds. The van der Waals surface area contributed by atoms with E-state index >= 15 is 0 Å². The Hall–Kier alpha value is -3.23. The van der Waals surface area contributed by atoms with E-state index in [1.807, 2.05) is 0 Å². The van der Waals surface area contributed by atoms with E-state index < -0.39 is 57.6 Å². The summed E-state index contributed by atoms with van der Waals surface area (Å²) in [4.78, 5) is 9.12. The number of nitrogens with one attached hydrogen (secondary N) is 1. The van der Waals surface area contributed by atoms with Gasteiger partial charge in [-0.3, -0.25) is 0 Å². The average Bonchev–Trinajstić information content (AvgIpc) is 2.99. The monoisotopic (exact) mass is 865 g/mol. The molecule has 311 valence electrons. The molecule has 2 aromatic rings. The number of ether oxygens (including phenoxy) is 1. The summed E-state index contributed by atoms with van der Waals surface area (Å²) in [6.45, 7) is 6.55. The van der Waals surface area contributed by atoms with Crippen LogP contribution in [0.15, 0.2) is 70.2 Å². The van der Waals surface area contributed by atoms with Gasteiger partial charge in [-0.1, -0.05) is 51.0 Å². The van der Waals surface area contributed by atoms with Gasteiger partial charge in [-0.15, -0.1) is 0 Å². The zero-order valence-corrected chi connectivity index (χ0v) is 30.7. The summed E-state index contributed by atoms with van der Waals surface area (Å²) in [5, 5.41) is 11.3. The first-order valence-electron chi connectivity index (χ1n) is 15.1. The molecule has 1 fully saturated rings. The van der Waals surface area contributed by atoms with Gasteiger partial charge in [-0.2, -0.15) is 21.6 Å². The predicted molar refractivity (Wildman–Crippen MR) is 176 cm³/mol. The van der Waals surface area contributed by atoms with Crippen molar-refractivity contribution in [2.45, 2.75) is 66.9 Å². The van der Waals surface area contributed by atoms with Crippen molar-refractivity contribution in [1.29, 1.82) is 0 Å². The van der Waals surface area contributed by atoms with Crippen LogP contribution in [0.3, 0.4) is 0 Å². The molecule has 0 atom stereocenters. The quantitative estimate of drug-likeness (QED) is 0.122. The van der Waals surface area contributed by atoms with Crippen molar-refractivity contribution in [2.75, 3.05) is 26.2 Å². The lowest BCUT2D eigenvalue weighted by Gasteiger charge is -2.40. The third-order valence-corrected chi connectivity index (χ3v) is 10.2. The van der Waals surface area contributed by atoms with E-state index in [9.17, 15) is 65.2 Å². The minimum atomic E-state index is -9.61. The first-order chi connectivity index (χ1) is 23.9. The molecule has 0 spiro atoms. The fourth-order valence-corrected chi connectivity index (χ4v) is 6.22. The van der Waals surface area contributed by atoms with Crippen LogP contribution in [0.1, 0.15) is 51.5 Å². The lowest BCUT2D eigenvalue weighted by atomic mass is 9.90. The van der Waals surface area contributed by atoms with E-state index in [2.05, 4.69) is 14.2 Å². The normalized spacial score (nSPS) is 18.7. The third kappa shape index (κ3) is 15.5. The summed E-state index contributed by atoms with van der Waals surface area (Å²) in [6.07, 6.45) is 1.97. The summed E-state index contributed by atoms with van der Waals surface area (Å²) < 4.78 is 195. The number of alkyl halides is 3. The molecule has 1 radical (unpaired) electrons. The molecular formula is C28H35BF13N2O7S3. The number of halogens is 13.